The molecule has 198 valence electrons. The standard InChI is InChI=1S/C27H33N3O6S/c1-4-17-7-9-19(10-8-17)24-23(25(31)28-3)21-14-20(18-11-12-18)22(30-26(21)36-24)15-37(34,35)29-13-5-6-16(2)27(32)33/h7-10,14,16,18,29H,4-6,11-13,15H2,1-3H3,(H,28,31)(H,32,33). The molecular formula is C27H33N3O6S. The quantitative estimate of drug-likeness (QED) is 0.300. The third kappa shape index (κ3) is 6.19. The number of carbonyl (C=O) groups excluding carboxylic acids is 1. The summed E-state index contributed by atoms with van der Waals surface area (Å²) < 4.78 is 34.4. The third-order valence-corrected chi connectivity index (χ3v) is 8.07. The molecule has 1 atom stereocenters. The number of fused-ring (bicyclic) bond motifs is 1. The molecule has 1 unspecified atom stereocenters. The van der Waals surface area contributed by atoms with Crippen molar-refractivity contribution in [1.29, 1.82) is 0 Å². The maximum Gasteiger partial charge on any atom is 0.306 e. The maximum absolute atomic E-state index is 12.9. The van der Waals surface area contributed by atoms with Gasteiger partial charge in [-0.15, -0.1) is 0 Å². The molecule has 1 aliphatic carbocycles. The minimum Gasteiger partial charge on any atom is -0.481 e. The third-order valence-electron chi connectivity index (χ3n) is 6.77. The smallest absolute Gasteiger partial charge is 0.306 e. The van der Waals surface area contributed by atoms with Crippen LogP contribution in [0.25, 0.3) is 22.4 Å². The number of hydrogen-bond acceptors (Lipinski definition) is 6. The number of hydrogen-bond donors (Lipinski definition) is 3. The van der Waals surface area contributed by atoms with Gasteiger partial charge in [-0.1, -0.05) is 38.1 Å². The highest BCUT2D eigenvalue weighted by atomic mass is 32.2. The summed E-state index contributed by atoms with van der Waals surface area (Å²) in [5.74, 6) is -1.45. The van der Waals surface area contributed by atoms with Crippen LogP contribution in [0.4, 0.5) is 0 Å². The van der Waals surface area contributed by atoms with Crippen LogP contribution in [0, 0.1) is 5.92 Å². The predicted octanol–water partition coefficient (Wildman–Crippen LogP) is 4.21. The second-order valence-corrected chi connectivity index (χ2v) is 11.4. The van der Waals surface area contributed by atoms with Gasteiger partial charge in [0.25, 0.3) is 5.91 Å². The Balaban J connectivity index is 1.67. The number of benzene rings is 1. The fraction of sp³-hybridized carbons (Fsp3) is 0.444. The number of carbonyl (C=O) groups is 2. The molecule has 4 rings (SSSR count). The van der Waals surface area contributed by atoms with Gasteiger partial charge in [-0.25, -0.2) is 18.1 Å². The van der Waals surface area contributed by atoms with Crippen molar-refractivity contribution >= 4 is 33.0 Å². The van der Waals surface area contributed by atoms with Crippen LogP contribution in [0.2, 0.25) is 0 Å². The largest absolute Gasteiger partial charge is 0.481 e. The Bertz CT molecular complexity index is 1410. The van der Waals surface area contributed by atoms with Gasteiger partial charge in [-0.3, -0.25) is 9.59 Å². The lowest BCUT2D eigenvalue weighted by Crippen LogP contribution is -2.27. The molecule has 0 radical (unpaired) electrons. The van der Waals surface area contributed by atoms with Crippen molar-refractivity contribution in [3.05, 3.63) is 52.7 Å². The van der Waals surface area contributed by atoms with Gasteiger partial charge in [0, 0.05) is 19.2 Å². The van der Waals surface area contributed by atoms with Crippen LogP contribution in [-0.4, -0.2) is 44.0 Å². The van der Waals surface area contributed by atoms with Crippen molar-refractivity contribution in [2.45, 2.75) is 57.6 Å². The van der Waals surface area contributed by atoms with E-state index in [0.29, 0.717) is 35.2 Å². The van der Waals surface area contributed by atoms with Gasteiger partial charge in [-0.05, 0) is 55.2 Å². The summed E-state index contributed by atoms with van der Waals surface area (Å²) in [6.45, 7) is 3.82. The number of carboxylic acid groups (broad SMARTS) is 1. The Morgan fingerprint density at radius 2 is 1.92 bits per heavy atom. The molecule has 9 nitrogen and oxygen atoms in total. The molecule has 1 aliphatic rings. The first-order valence-corrected chi connectivity index (χ1v) is 14.3. The van der Waals surface area contributed by atoms with Crippen LogP contribution >= 0.6 is 0 Å². The van der Waals surface area contributed by atoms with Crippen molar-refractivity contribution in [3.63, 3.8) is 0 Å². The minimum atomic E-state index is -3.71. The molecule has 2 heterocycles. The van der Waals surface area contributed by atoms with E-state index in [1.807, 2.05) is 30.3 Å². The number of rotatable bonds is 12. The summed E-state index contributed by atoms with van der Waals surface area (Å²) >= 11 is 0. The van der Waals surface area contributed by atoms with Crippen molar-refractivity contribution < 1.29 is 27.5 Å². The highest BCUT2D eigenvalue weighted by Gasteiger charge is 2.32. The number of nitrogens with zero attached hydrogens (tertiary/aromatic N) is 1. The summed E-state index contributed by atoms with van der Waals surface area (Å²) in [6, 6.07) is 9.65. The molecule has 1 fully saturated rings. The van der Waals surface area contributed by atoms with Gasteiger partial charge in [0.05, 0.1) is 22.6 Å². The average molecular weight is 528 g/mol. The fourth-order valence-corrected chi connectivity index (χ4v) is 5.52. The first-order valence-electron chi connectivity index (χ1n) is 12.6. The van der Waals surface area contributed by atoms with E-state index in [4.69, 9.17) is 9.52 Å². The lowest BCUT2D eigenvalue weighted by molar-refractivity contribution is -0.141. The molecule has 1 saturated carbocycles. The van der Waals surface area contributed by atoms with Crippen LogP contribution in [0.15, 0.2) is 34.7 Å². The van der Waals surface area contributed by atoms with Crippen molar-refractivity contribution in [1.82, 2.24) is 15.0 Å². The average Bonchev–Trinajstić information content (AvgIpc) is 3.65. The zero-order valence-electron chi connectivity index (χ0n) is 21.3. The van der Waals surface area contributed by atoms with Gasteiger partial charge in [0.2, 0.25) is 15.7 Å². The number of pyridine rings is 1. The van der Waals surface area contributed by atoms with E-state index < -0.39 is 21.9 Å². The molecule has 0 bridgehead atoms. The van der Waals surface area contributed by atoms with Gasteiger partial charge in [0.15, 0.2) is 0 Å². The molecule has 3 aromatic rings. The van der Waals surface area contributed by atoms with E-state index in [1.54, 1.807) is 14.0 Å². The van der Waals surface area contributed by atoms with Crippen LogP contribution in [0.5, 0.6) is 0 Å². The van der Waals surface area contributed by atoms with E-state index in [1.165, 1.54) is 0 Å². The van der Waals surface area contributed by atoms with Crippen LogP contribution in [-0.2, 0) is 27.0 Å². The van der Waals surface area contributed by atoms with Crippen LogP contribution < -0.4 is 10.0 Å². The maximum atomic E-state index is 12.9. The molecule has 0 aliphatic heterocycles. The second kappa shape index (κ2) is 11.0. The zero-order valence-corrected chi connectivity index (χ0v) is 22.2. The molecular weight excluding hydrogens is 494 g/mol. The number of aryl methyl sites for hydroxylation is 1. The van der Waals surface area contributed by atoms with Crippen molar-refractivity contribution in [2.75, 3.05) is 13.6 Å². The molecule has 2 aromatic heterocycles. The molecule has 3 N–H and O–H groups in total. The highest BCUT2D eigenvalue weighted by molar-refractivity contribution is 7.88. The molecule has 1 amide bonds. The number of furan rings is 1. The van der Waals surface area contributed by atoms with Crippen LogP contribution in [0.1, 0.15) is 72.6 Å². The topological polar surface area (TPSA) is 139 Å². The SMILES string of the molecule is CCc1ccc(-c2oc3nc(CS(=O)(=O)NCCCC(C)C(=O)O)c(C4CC4)cc3c2C(=O)NC)cc1. The molecule has 1 aromatic carbocycles. The van der Waals surface area contributed by atoms with Crippen molar-refractivity contribution in [3.8, 4) is 11.3 Å². The first-order chi connectivity index (χ1) is 17.6. The summed E-state index contributed by atoms with van der Waals surface area (Å²) in [5, 5.41) is 12.2. The molecule has 10 heteroatoms. The Morgan fingerprint density at radius 3 is 2.51 bits per heavy atom. The van der Waals surface area contributed by atoms with E-state index >= 15 is 0 Å². The van der Waals surface area contributed by atoms with Gasteiger partial charge >= 0.3 is 5.97 Å². The number of nitrogens with one attached hydrogen (secondary N) is 2. The number of amides is 1. The monoisotopic (exact) mass is 527 g/mol. The molecule has 37 heavy (non-hydrogen) atoms. The van der Waals surface area contributed by atoms with Gasteiger partial charge in [0.1, 0.15) is 11.5 Å². The van der Waals surface area contributed by atoms with E-state index in [0.717, 1.165) is 36.0 Å². The summed E-state index contributed by atoms with van der Waals surface area (Å²) in [6.07, 6.45) is 3.55. The highest BCUT2D eigenvalue weighted by Crippen LogP contribution is 2.44. The Hall–Kier alpha value is -3.24. The number of aromatic nitrogens is 1. The lowest BCUT2D eigenvalue weighted by Gasteiger charge is -2.11. The Kier molecular flexibility index (Phi) is 7.99. The Labute approximate surface area is 216 Å². The van der Waals surface area contributed by atoms with Gasteiger partial charge < -0.3 is 14.8 Å². The molecule has 0 saturated heterocycles. The number of carboxylic acids is 1. The minimum absolute atomic E-state index is 0.153. The predicted molar refractivity (Wildman–Crippen MR) is 141 cm³/mol. The fourth-order valence-electron chi connectivity index (χ4n) is 4.37. The summed E-state index contributed by atoms with van der Waals surface area (Å²) in [7, 11) is -2.16. The summed E-state index contributed by atoms with van der Waals surface area (Å²) in [4.78, 5) is 28.5. The van der Waals surface area contributed by atoms with Gasteiger partial charge in [-0.2, -0.15) is 0 Å². The normalized spacial score (nSPS) is 14.6. The van der Waals surface area contributed by atoms with E-state index in [9.17, 15) is 18.0 Å². The second-order valence-electron chi connectivity index (χ2n) is 9.62. The zero-order chi connectivity index (χ0) is 26.7. The van der Waals surface area contributed by atoms with E-state index in [-0.39, 0.29) is 29.8 Å². The van der Waals surface area contributed by atoms with Crippen molar-refractivity contribution in [2.24, 2.45) is 5.92 Å². The van der Waals surface area contributed by atoms with E-state index in [2.05, 4.69) is 21.9 Å². The first kappa shape index (κ1) is 26.8. The number of aliphatic carboxylic acids is 1. The lowest BCUT2D eigenvalue weighted by atomic mass is 10.0. The van der Waals surface area contributed by atoms with Crippen LogP contribution in [0.3, 0.4) is 0 Å². The summed E-state index contributed by atoms with van der Waals surface area (Å²) in [5.41, 5.74) is 3.73. The molecule has 0 spiro atoms. The number of sulfonamides is 1. The Morgan fingerprint density at radius 1 is 1.22 bits per heavy atom.